The van der Waals surface area contributed by atoms with E-state index < -0.39 is 9.73 Å². The fourth-order valence-corrected chi connectivity index (χ4v) is 3.24. The van der Waals surface area contributed by atoms with E-state index in [4.69, 9.17) is 0 Å². The van der Waals surface area contributed by atoms with Crippen molar-refractivity contribution in [1.29, 1.82) is 0 Å². The molecule has 0 saturated heterocycles. The van der Waals surface area contributed by atoms with Crippen molar-refractivity contribution in [2.75, 3.05) is 11.6 Å². The van der Waals surface area contributed by atoms with E-state index in [9.17, 15) is 4.21 Å². The van der Waals surface area contributed by atoms with Gasteiger partial charge in [0.2, 0.25) is 0 Å². The summed E-state index contributed by atoms with van der Waals surface area (Å²) in [5, 5.41) is 3.09. The van der Waals surface area contributed by atoms with Crippen molar-refractivity contribution in [2.24, 2.45) is 4.36 Å². The molecule has 1 aromatic carbocycles. The molecular weight excluding hydrogens is 308 g/mol. The predicted octanol–water partition coefficient (Wildman–Crippen LogP) is 4.01. The minimum Gasteiger partial charge on any atom is -0.325 e. The second kappa shape index (κ2) is 6.58. The number of pyridine rings is 2. The molecule has 0 saturated carbocycles. The largest absolute Gasteiger partial charge is 0.325 e. The minimum absolute atomic E-state index is 0.419. The van der Waals surface area contributed by atoms with Crippen LogP contribution in [-0.2, 0) is 9.73 Å². The van der Waals surface area contributed by atoms with Crippen LogP contribution in [0.25, 0.3) is 0 Å². The Labute approximate surface area is 135 Å². The summed E-state index contributed by atoms with van der Waals surface area (Å²) in [7, 11) is -2.53. The molecule has 23 heavy (non-hydrogen) atoms. The zero-order chi connectivity index (χ0) is 16.1. The molecule has 1 N–H and O–H groups in total. The summed E-state index contributed by atoms with van der Waals surface area (Å²) in [6.07, 6.45) is 3.31. The third-order valence-electron chi connectivity index (χ3n) is 3.10. The van der Waals surface area contributed by atoms with Gasteiger partial charge in [-0.25, -0.2) is 14.2 Å². The average molecular weight is 324 g/mol. The summed E-state index contributed by atoms with van der Waals surface area (Å²) in [6, 6.07) is 20.1. The number of anilines is 2. The zero-order valence-electron chi connectivity index (χ0n) is 12.6. The van der Waals surface area contributed by atoms with Crippen LogP contribution in [0, 0.1) is 0 Å². The molecule has 0 fully saturated rings. The summed E-state index contributed by atoms with van der Waals surface area (Å²) < 4.78 is 17.1. The Morgan fingerprint density at radius 1 is 0.913 bits per heavy atom. The molecule has 2 heterocycles. The van der Waals surface area contributed by atoms with Crippen molar-refractivity contribution in [3.63, 3.8) is 0 Å². The van der Waals surface area contributed by atoms with Crippen LogP contribution in [0.4, 0.5) is 17.5 Å². The first-order valence-electron chi connectivity index (χ1n) is 7.06. The Balaban J connectivity index is 1.91. The maximum atomic E-state index is 12.8. The van der Waals surface area contributed by atoms with Crippen LogP contribution < -0.4 is 5.32 Å². The monoisotopic (exact) mass is 324 g/mol. The lowest BCUT2D eigenvalue weighted by molar-refractivity contribution is 0.680. The molecule has 0 aliphatic carbocycles. The SMILES string of the molecule is CS(=O)(=Nc1cccc(Nc2ccccn2)n1)c1ccccc1. The molecule has 0 aliphatic heterocycles. The molecule has 5 nitrogen and oxygen atoms in total. The summed E-state index contributed by atoms with van der Waals surface area (Å²) in [5.74, 6) is 1.72. The lowest BCUT2D eigenvalue weighted by atomic mass is 10.4. The van der Waals surface area contributed by atoms with E-state index in [-0.39, 0.29) is 0 Å². The topological polar surface area (TPSA) is 67.2 Å². The highest BCUT2D eigenvalue weighted by Crippen LogP contribution is 2.20. The quantitative estimate of drug-likeness (QED) is 0.787. The number of aromatic nitrogens is 2. The van der Waals surface area contributed by atoms with Crippen molar-refractivity contribution >= 4 is 27.2 Å². The third-order valence-corrected chi connectivity index (χ3v) is 4.79. The van der Waals surface area contributed by atoms with Gasteiger partial charge in [-0.2, -0.15) is 4.36 Å². The van der Waals surface area contributed by atoms with E-state index in [1.165, 1.54) is 0 Å². The van der Waals surface area contributed by atoms with E-state index >= 15 is 0 Å². The predicted molar refractivity (Wildman–Crippen MR) is 92.6 cm³/mol. The molecule has 0 amide bonds. The summed E-state index contributed by atoms with van der Waals surface area (Å²) in [6.45, 7) is 0. The first-order valence-corrected chi connectivity index (χ1v) is 8.98. The van der Waals surface area contributed by atoms with Gasteiger partial charge in [0.1, 0.15) is 11.6 Å². The highest BCUT2D eigenvalue weighted by atomic mass is 32.2. The zero-order valence-corrected chi connectivity index (χ0v) is 13.4. The molecular formula is C17H16N4OS. The molecule has 0 aliphatic rings. The summed E-state index contributed by atoms with van der Waals surface area (Å²) in [4.78, 5) is 9.25. The second-order valence-electron chi connectivity index (χ2n) is 4.93. The fourth-order valence-electron chi connectivity index (χ4n) is 2.02. The first-order chi connectivity index (χ1) is 11.1. The van der Waals surface area contributed by atoms with Gasteiger partial charge in [-0.15, -0.1) is 0 Å². The maximum absolute atomic E-state index is 12.8. The van der Waals surface area contributed by atoms with Crippen molar-refractivity contribution in [1.82, 2.24) is 9.97 Å². The molecule has 6 heteroatoms. The van der Waals surface area contributed by atoms with Crippen molar-refractivity contribution < 1.29 is 4.21 Å². The molecule has 116 valence electrons. The lowest BCUT2D eigenvalue weighted by Crippen LogP contribution is -1.98. The number of benzene rings is 1. The number of rotatable bonds is 4. The highest BCUT2D eigenvalue weighted by Gasteiger charge is 2.06. The van der Waals surface area contributed by atoms with Crippen LogP contribution in [0.5, 0.6) is 0 Å². The third kappa shape index (κ3) is 3.92. The van der Waals surface area contributed by atoms with Gasteiger partial charge in [-0.05, 0) is 36.4 Å². The molecule has 0 radical (unpaired) electrons. The van der Waals surface area contributed by atoms with E-state index in [0.29, 0.717) is 22.3 Å². The normalized spacial score (nSPS) is 13.1. The fraction of sp³-hybridized carbons (Fsp3) is 0.0588. The van der Waals surface area contributed by atoms with Crippen molar-refractivity contribution in [2.45, 2.75) is 4.90 Å². The van der Waals surface area contributed by atoms with Gasteiger partial charge in [0.25, 0.3) is 0 Å². The van der Waals surface area contributed by atoms with Crippen LogP contribution in [-0.4, -0.2) is 20.4 Å². The smallest absolute Gasteiger partial charge is 0.164 e. The number of hydrogen-bond donors (Lipinski definition) is 1. The van der Waals surface area contributed by atoms with E-state index in [0.717, 1.165) is 0 Å². The van der Waals surface area contributed by atoms with Gasteiger partial charge in [0.15, 0.2) is 5.82 Å². The lowest BCUT2D eigenvalue weighted by Gasteiger charge is -2.06. The second-order valence-corrected chi connectivity index (χ2v) is 7.19. The van der Waals surface area contributed by atoms with Gasteiger partial charge in [-0.1, -0.05) is 30.3 Å². The standard InChI is InChI=1S/C17H16N4OS/c1-23(22,14-8-3-2-4-9-14)21-17-12-7-11-16(20-17)19-15-10-5-6-13-18-15/h2-13H,1H3,(H,18,19,20). The first kappa shape index (κ1) is 15.2. The van der Waals surface area contributed by atoms with E-state index in [2.05, 4.69) is 19.6 Å². The van der Waals surface area contributed by atoms with Crippen molar-refractivity contribution in [3.05, 3.63) is 72.9 Å². The number of hydrogen-bond acceptors (Lipinski definition) is 5. The molecule has 0 spiro atoms. The molecule has 2 aromatic heterocycles. The average Bonchev–Trinajstić information content (AvgIpc) is 2.56. The Morgan fingerprint density at radius 2 is 1.65 bits per heavy atom. The maximum Gasteiger partial charge on any atom is 0.164 e. The molecule has 1 unspecified atom stereocenters. The van der Waals surface area contributed by atoms with Gasteiger partial charge in [0, 0.05) is 17.3 Å². The van der Waals surface area contributed by atoms with Crippen LogP contribution in [0.1, 0.15) is 0 Å². The molecule has 1 atom stereocenters. The Kier molecular flexibility index (Phi) is 4.34. The molecule has 3 aromatic rings. The Morgan fingerprint density at radius 3 is 2.39 bits per heavy atom. The van der Waals surface area contributed by atoms with Gasteiger partial charge in [0.05, 0.1) is 9.73 Å². The Hall–Kier alpha value is -2.73. The van der Waals surface area contributed by atoms with Crippen molar-refractivity contribution in [3.8, 4) is 0 Å². The summed E-state index contributed by atoms with van der Waals surface area (Å²) in [5.41, 5.74) is 0. The highest BCUT2D eigenvalue weighted by molar-refractivity contribution is 7.93. The van der Waals surface area contributed by atoms with E-state index in [1.54, 1.807) is 18.5 Å². The molecule has 3 rings (SSSR count). The van der Waals surface area contributed by atoms with Gasteiger partial charge < -0.3 is 5.32 Å². The van der Waals surface area contributed by atoms with Crippen LogP contribution in [0.2, 0.25) is 0 Å². The van der Waals surface area contributed by atoms with Gasteiger partial charge in [-0.3, -0.25) is 0 Å². The Bertz CT molecular complexity index is 904. The van der Waals surface area contributed by atoms with Crippen LogP contribution in [0.3, 0.4) is 0 Å². The summed E-state index contributed by atoms with van der Waals surface area (Å²) >= 11 is 0. The van der Waals surface area contributed by atoms with E-state index in [1.807, 2.05) is 60.7 Å². The van der Waals surface area contributed by atoms with Gasteiger partial charge >= 0.3 is 0 Å². The molecule has 0 bridgehead atoms. The minimum atomic E-state index is -2.53. The number of nitrogens with one attached hydrogen (secondary N) is 1. The van der Waals surface area contributed by atoms with Crippen LogP contribution >= 0.6 is 0 Å². The van der Waals surface area contributed by atoms with Crippen LogP contribution in [0.15, 0.2) is 82.2 Å². The number of nitrogens with zero attached hydrogens (tertiary/aromatic N) is 3.